The van der Waals surface area contributed by atoms with Crippen molar-refractivity contribution in [3.8, 4) is 0 Å². The van der Waals surface area contributed by atoms with E-state index in [1.54, 1.807) is 0 Å². The maximum absolute atomic E-state index is 12.7. The van der Waals surface area contributed by atoms with Crippen LogP contribution in [0.4, 0.5) is 18.9 Å². The van der Waals surface area contributed by atoms with Crippen LogP contribution in [0.1, 0.15) is 16.7 Å². The van der Waals surface area contributed by atoms with Crippen molar-refractivity contribution >= 4 is 11.6 Å². The maximum atomic E-state index is 12.7. The van der Waals surface area contributed by atoms with Gasteiger partial charge in [0.2, 0.25) is 5.91 Å². The number of hydrogen-bond donors (Lipinski definition) is 1. The Morgan fingerprint density at radius 2 is 1.45 bits per heavy atom. The molecule has 0 unspecified atom stereocenters. The van der Waals surface area contributed by atoms with E-state index in [2.05, 4.69) is 15.1 Å². The zero-order valence-electron chi connectivity index (χ0n) is 18.0. The van der Waals surface area contributed by atoms with Crippen LogP contribution < -0.4 is 10.2 Å². The third-order valence-electron chi connectivity index (χ3n) is 5.46. The fourth-order valence-corrected chi connectivity index (χ4v) is 3.53. The zero-order valence-corrected chi connectivity index (χ0v) is 18.0. The normalized spacial score (nSPS) is 15.6. The van der Waals surface area contributed by atoms with E-state index >= 15 is 0 Å². The summed E-state index contributed by atoms with van der Waals surface area (Å²) in [7, 11) is 3.97. The van der Waals surface area contributed by atoms with Gasteiger partial charge in [0, 0.05) is 59.1 Å². The topological polar surface area (TPSA) is 38.8 Å². The van der Waals surface area contributed by atoms with Crippen molar-refractivity contribution in [2.75, 3.05) is 51.7 Å². The van der Waals surface area contributed by atoms with Crippen LogP contribution in [0.2, 0.25) is 0 Å². The molecule has 1 heterocycles. The second kappa shape index (κ2) is 10.2. The molecule has 1 amide bonds. The first-order chi connectivity index (χ1) is 14.7. The second-order valence-electron chi connectivity index (χ2n) is 8.08. The Bertz CT molecular complexity index is 843. The van der Waals surface area contributed by atoms with Crippen molar-refractivity contribution in [3.63, 3.8) is 0 Å². The van der Waals surface area contributed by atoms with Gasteiger partial charge in [-0.05, 0) is 35.4 Å². The number of rotatable bonds is 7. The molecular formula is C23H29F3N4O. The van der Waals surface area contributed by atoms with E-state index in [9.17, 15) is 18.0 Å². The van der Waals surface area contributed by atoms with E-state index in [1.807, 2.05) is 43.3 Å². The van der Waals surface area contributed by atoms with Gasteiger partial charge in [0.1, 0.15) is 0 Å². The highest BCUT2D eigenvalue weighted by atomic mass is 19.4. The fraction of sp³-hybridized carbons (Fsp3) is 0.435. The van der Waals surface area contributed by atoms with E-state index in [4.69, 9.17) is 0 Å². The summed E-state index contributed by atoms with van der Waals surface area (Å²) in [6.07, 6.45) is -4.31. The van der Waals surface area contributed by atoms with E-state index in [-0.39, 0.29) is 5.91 Å². The van der Waals surface area contributed by atoms with Gasteiger partial charge in [-0.1, -0.05) is 24.3 Å². The van der Waals surface area contributed by atoms with Crippen LogP contribution >= 0.6 is 0 Å². The number of carbonyl (C=O) groups excluding carboxylic acids is 1. The number of amides is 1. The van der Waals surface area contributed by atoms with Crippen molar-refractivity contribution in [1.82, 2.24) is 15.1 Å². The van der Waals surface area contributed by atoms with Gasteiger partial charge in [-0.3, -0.25) is 14.6 Å². The molecule has 0 spiro atoms. The van der Waals surface area contributed by atoms with Crippen molar-refractivity contribution in [2.45, 2.75) is 19.3 Å². The summed E-state index contributed by atoms with van der Waals surface area (Å²) in [6.45, 7) is 4.53. The summed E-state index contributed by atoms with van der Waals surface area (Å²) < 4.78 is 38.0. The molecule has 1 N–H and O–H groups in total. The number of alkyl halides is 3. The first kappa shape index (κ1) is 23.1. The Morgan fingerprint density at radius 1 is 0.903 bits per heavy atom. The fourth-order valence-electron chi connectivity index (χ4n) is 3.53. The van der Waals surface area contributed by atoms with E-state index in [0.717, 1.165) is 55.1 Å². The molecule has 168 valence electrons. The van der Waals surface area contributed by atoms with E-state index in [1.165, 1.54) is 12.1 Å². The molecule has 0 atom stereocenters. The van der Waals surface area contributed by atoms with Crippen LogP contribution in [0.25, 0.3) is 0 Å². The average molecular weight is 435 g/mol. The number of halogens is 3. The lowest BCUT2D eigenvalue weighted by Crippen LogP contribution is -2.49. The Balaban J connectivity index is 1.38. The quantitative estimate of drug-likeness (QED) is 0.727. The molecule has 5 nitrogen and oxygen atoms in total. The van der Waals surface area contributed by atoms with Gasteiger partial charge in [0.25, 0.3) is 0 Å². The van der Waals surface area contributed by atoms with Gasteiger partial charge >= 0.3 is 6.18 Å². The van der Waals surface area contributed by atoms with Crippen LogP contribution in [-0.4, -0.2) is 62.5 Å². The standard InChI is InChI=1S/C23H29F3N4O/c1-28(2)21-9-5-18(6-10-21)15-27-22(31)17-30-13-11-29(12-14-30)16-19-3-7-20(8-4-19)23(24,25)26/h3-10H,11-17H2,1-2H3,(H,27,31). The smallest absolute Gasteiger partial charge is 0.378 e. The summed E-state index contributed by atoms with van der Waals surface area (Å²) >= 11 is 0. The second-order valence-corrected chi connectivity index (χ2v) is 8.08. The number of anilines is 1. The minimum atomic E-state index is -4.31. The Labute approximate surface area is 181 Å². The number of carbonyl (C=O) groups is 1. The third kappa shape index (κ3) is 6.97. The molecule has 0 radical (unpaired) electrons. The SMILES string of the molecule is CN(C)c1ccc(CNC(=O)CN2CCN(Cc3ccc(C(F)(F)F)cc3)CC2)cc1. The van der Waals surface area contributed by atoms with Crippen molar-refractivity contribution in [3.05, 3.63) is 65.2 Å². The molecule has 8 heteroatoms. The third-order valence-corrected chi connectivity index (χ3v) is 5.46. The summed E-state index contributed by atoms with van der Waals surface area (Å²) in [5, 5.41) is 2.96. The highest BCUT2D eigenvalue weighted by molar-refractivity contribution is 5.78. The van der Waals surface area contributed by atoms with Crippen molar-refractivity contribution in [1.29, 1.82) is 0 Å². The predicted molar refractivity (Wildman–Crippen MR) is 116 cm³/mol. The highest BCUT2D eigenvalue weighted by Gasteiger charge is 2.30. The van der Waals surface area contributed by atoms with Gasteiger partial charge in [-0.25, -0.2) is 0 Å². The lowest BCUT2D eigenvalue weighted by atomic mass is 10.1. The molecule has 0 bridgehead atoms. The summed E-state index contributed by atoms with van der Waals surface area (Å²) in [6, 6.07) is 13.4. The minimum Gasteiger partial charge on any atom is -0.378 e. The van der Waals surface area contributed by atoms with Crippen LogP contribution in [0.5, 0.6) is 0 Å². The Kier molecular flexibility index (Phi) is 7.56. The van der Waals surface area contributed by atoms with E-state index < -0.39 is 11.7 Å². The number of hydrogen-bond acceptors (Lipinski definition) is 4. The number of nitrogens with zero attached hydrogens (tertiary/aromatic N) is 3. The van der Waals surface area contributed by atoms with Crippen LogP contribution in [-0.2, 0) is 24.1 Å². The van der Waals surface area contributed by atoms with Crippen molar-refractivity contribution in [2.24, 2.45) is 0 Å². The maximum Gasteiger partial charge on any atom is 0.416 e. The van der Waals surface area contributed by atoms with Gasteiger partial charge in [0.15, 0.2) is 0 Å². The predicted octanol–water partition coefficient (Wildman–Crippen LogP) is 3.21. The first-order valence-electron chi connectivity index (χ1n) is 10.3. The molecule has 0 saturated carbocycles. The molecule has 2 aromatic rings. The van der Waals surface area contributed by atoms with Crippen LogP contribution in [0.3, 0.4) is 0 Å². The van der Waals surface area contributed by atoms with Gasteiger partial charge < -0.3 is 10.2 Å². The summed E-state index contributed by atoms with van der Waals surface area (Å²) in [5.74, 6) is -0.00660. The largest absolute Gasteiger partial charge is 0.416 e. The first-order valence-corrected chi connectivity index (χ1v) is 10.3. The van der Waals surface area contributed by atoms with Gasteiger partial charge in [-0.2, -0.15) is 13.2 Å². The van der Waals surface area contributed by atoms with Crippen LogP contribution in [0, 0.1) is 0 Å². The zero-order chi connectivity index (χ0) is 22.4. The average Bonchev–Trinajstić information content (AvgIpc) is 2.74. The minimum absolute atomic E-state index is 0.00660. The number of piperazine rings is 1. The van der Waals surface area contributed by atoms with Crippen molar-refractivity contribution < 1.29 is 18.0 Å². The van der Waals surface area contributed by atoms with Gasteiger partial charge in [-0.15, -0.1) is 0 Å². The lowest BCUT2D eigenvalue weighted by Gasteiger charge is -2.34. The molecule has 0 aliphatic carbocycles. The molecule has 31 heavy (non-hydrogen) atoms. The molecule has 2 aromatic carbocycles. The summed E-state index contributed by atoms with van der Waals surface area (Å²) in [4.78, 5) is 18.6. The molecule has 1 aliphatic heterocycles. The number of benzene rings is 2. The molecule has 1 saturated heterocycles. The highest BCUT2D eigenvalue weighted by Crippen LogP contribution is 2.29. The lowest BCUT2D eigenvalue weighted by molar-refractivity contribution is -0.137. The molecule has 1 aliphatic rings. The molecule has 1 fully saturated rings. The van der Waals surface area contributed by atoms with E-state index in [0.29, 0.717) is 19.6 Å². The number of nitrogens with one attached hydrogen (secondary N) is 1. The monoisotopic (exact) mass is 434 g/mol. The Morgan fingerprint density at radius 3 is 2.00 bits per heavy atom. The van der Waals surface area contributed by atoms with Crippen LogP contribution in [0.15, 0.2) is 48.5 Å². The molecule has 3 rings (SSSR count). The molecule has 0 aromatic heterocycles. The Hall–Kier alpha value is -2.58. The van der Waals surface area contributed by atoms with Gasteiger partial charge in [0.05, 0.1) is 12.1 Å². The molecular weight excluding hydrogens is 405 g/mol. The summed E-state index contributed by atoms with van der Waals surface area (Å²) in [5.41, 5.74) is 2.41.